The molecule has 4 saturated carbocycles. The molecule has 1 N–H and O–H groups in total. The van der Waals surface area contributed by atoms with Crippen molar-refractivity contribution in [3.05, 3.63) is 12.2 Å². The maximum Gasteiger partial charge on any atom is 0.0543 e. The van der Waals surface area contributed by atoms with Gasteiger partial charge in [0.2, 0.25) is 0 Å². The lowest BCUT2D eigenvalue weighted by Gasteiger charge is -2.61. The van der Waals surface area contributed by atoms with Crippen LogP contribution in [0.5, 0.6) is 0 Å². The largest absolute Gasteiger partial charge is 0.393 e. The Morgan fingerprint density at radius 1 is 0.742 bits per heavy atom. The Morgan fingerprint density at radius 2 is 1.39 bits per heavy atom. The van der Waals surface area contributed by atoms with E-state index in [9.17, 15) is 5.11 Å². The van der Waals surface area contributed by atoms with Gasteiger partial charge in [-0.2, -0.15) is 0 Å². The summed E-state index contributed by atoms with van der Waals surface area (Å²) in [5.41, 5.74) is 1.06. The molecule has 0 radical (unpaired) electrons. The maximum atomic E-state index is 10.3. The molecule has 0 aromatic heterocycles. The molecule has 4 aliphatic rings. The molecule has 4 fully saturated rings. The van der Waals surface area contributed by atoms with Crippen molar-refractivity contribution in [1.29, 1.82) is 0 Å². The fourth-order valence-corrected chi connectivity index (χ4v) is 9.79. The zero-order valence-electron chi connectivity index (χ0n) is 21.7. The highest BCUT2D eigenvalue weighted by atomic mass is 16.3. The van der Waals surface area contributed by atoms with Crippen molar-refractivity contribution in [3.8, 4) is 0 Å². The van der Waals surface area contributed by atoms with Crippen LogP contribution in [0.2, 0.25) is 0 Å². The predicted molar refractivity (Wildman–Crippen MR) is 133 cm³/mol. The van der Waals surface area contributed by atoms with Gasteiger partial charge < -0.3 is 5.11 Å². The van der Waals surface area contributed by atoms with Crippen LogP contribution in [0.3, 0.4) is 0 Å². The summed E-state index contributed by atoms with van der Waals surface area (Å²) in [6, 6.07) is 0. The molecule has 0 bridgehead atoms. The average molecular weight is 429 g/mol. The molecule has 0 spiro atoms. The van der Waals surface area contributed by atoms with Gasteiger partial charge in [0.05, 0.1) is 6.10 Å². The van der Waals surface area contributed by atoms with E-state index in [4.69, 9.17) is 0 Å². The molecule has 9 atom stereocenters. The van der Waals surface area contributed by atoms with Crippen molar-refractivity contribution in [1.82, 2.24) is 0 Å². The molecule has 4 rings (SSSR count). The molecule has 0 heterocycles. The highest BCUT2D eigenvalue weighted by Gasteiger charge is 2.60. The summed E-state index contributed by atoms with van der Waals surface area (Å²) < 4.78 is 0. The summed E-state index contributed by atoms with van der Waals surface area (Å²) >= 11 is 0. The Kier molecular flexibility index (Phi) is 6.78. The second-order valence-electron chi connectivity index (χ2n) is 13.6. The molecule has 1 heteroatoms. The predicted octanol–water partition coefficient (Wildman–Crippen LogP) is 8.13. The van der Waals surface area contributed by atoms with Crippen LogP contribution in [0.25, 0.3) is 0 Å². The first-order valence-electron chi connectivity index (χ1n) is 13.9. The minimum atomic E-state index is -0.0208. The van der Waals surface area contributed by atoms with E-state index in [-0.39, 0.29) is 6.10 Å². The van der Waals surface area contributed by atoms with Crippen molar-refractivity contribution >= 4 is 0 Å². The monoisotopic (exact) mass is 428 g/mol. The zero-order valence-corrected chi connectivity index (χ0v) is 21.7. The Labute approximate surface area is 193 Å². The summed E-state index contributed by atoms with van der Waals surface area (Å²) in [4.78, 5) is 0. The first kappa shape index (κ1) is 23.8. The minimum Gasteiger partial charge on any atom is -0.393 e. The summed E-state index contributed by atoms with van der Waals surface area (Å²) in [5.74, 6) is 7.36. The quantitative estimate of drug-likeness (QED) is 0.438. The van der Waals surface area contributed by atoms with Gasteiger partial charge in [-0.15, -0.1) is 0 Å². The number of allylic oxidation sites excluding steroid dienone is 2. The standard InChI is InChI=1S/C30H52O/c1-19(2)24(20(3)4)10-8-21(5)26-12-13-27-25-11-9-22-18-23(31)14-16-29(22,6)28(25)15-17-30(26,27)7/h8,10,19-28,31H,9,11-18H2,1-7H3. The van der Waals surface area contributed by atoms with E-state index < -0.39 is 0 Å². The van der Waals surface area contributed by atoms with Gasteiger partial charge in [0.1, 0.15) is 0 Å². The zero-order chi connectivity index (χ0) is 22.6. The molecule has 0 aliphatic heterocycles. The van der Waals surface area contributed by atoms with Crippen molar-refractivity contribution in [2.24, 2.45) is 64.1 Å². The first-order valence-corrected chi connectivity index (χ1v) is 13.9. The number of aliphatic hydroxyl groups is 1. The van der Waals surface area contributed by atoms with Gasteiger partial charge in [-0.25, -0.2) is 0 Å². The molecule has 178 valence electrons. The molecular formula is C30H52O. The fourth-order valence-electron chi connectivity index (χ4n) is 9.79. The first-order chi connectivity index (χ1) is 14.6. The SMILES string of the molecule is CC(C)C(C=CC(C)C1CCC2C3CCC4CC(O)CCC4(C)C3CCC12C)C(C)C. The highest BCUT2D eigenvalue weighted by molar-refractivity contribution is 5.11. The molecular weight excluding hydrogens is 376 g/mol. The fraction of sp³-hybridized carbons (Fsp3) is 0.933. The van der Waals surface area contributed by atoms with Crippen LogP contribution in [0.4, 0.5) is 0 Å². The van der Waals surface area contributed by atoms with Crippen molar-refractivity contribution in [2.45, 2.75) is 112 Å². The van der Waals surface area contributed by atoms with E-state index >= 15 is 0 Å². The number of aliphatic hydroxyl groups excluding tert-OH is 1. The smallest absolute Gasteiger partial charge is 0.0543 e. The third kappa shape index (κ3) is 4.08. The summed E-state index contributed by atoms with van der Waals surface area (Å²) in [6.45, 7) is 17.4. The van der Waals surface area contributed by atoms with Gasteiger partial charge in [0, 0.05) is 0 Å². The van der Waals surface area contributed by atoms with Crippen molar-refractivity contribution in [3.63, 3.8) is 0 Å². The third-order valence-electron chi connectivity index (χ3n) is 11.5. The lowest BCUT2D eigenvalue weighted by molar-refractivity contribution is -0.128. The topological polar surface area (TPSA) is 20.2 Å². The van der Waals surface area contributed by atoms with Crippen LogP contribution in [-0.2, 0) is 0 Å². The number of rotatable bonds is 5. The minimum absolute atomic E-state index is 0.0208. The number of hydrogen-bond acceptors (Lipinski definition) is 1. The van der Waals surface area contributed by atoms with Crippen LogP contribution in [0.1, 0.15) is 106 Å². The van der Waals surface area contributed by atoms with Gasteiger partial charge >= 0.3 is 0 Å². The maximum absolute atomic E-state index is 10.3. The van der Waals surface area contributed by atoms with Gasteiger partial charge in [-0.05, 0) is 122 Å². The van der Waals surface area contributed by atoms with Crippen LogP contribution >= 0.6 is 0 Å². The second kappa shape index (κ2) is 8.81. The van der Waals surface area contributed by atoms with Crippen molar-refractivity contribution < 1.29 is 5.11 Å². The van der Waals surface area contributed by atoms with Gasteiger partial charge in [0.15, 0.2) is 0 Å². The van der Waals surface area contributed by atoms with Gasteiger partial charge in [-0.1, -0.05) is 60.6 Å². The second-order valence-corrected chi connectivity index (χ2v) is 13.6. The van der Waals surface area contributed by atoms with Crippen LogP contribution < -0.4 is 0 Å². The van der Waals surface area contributed by atoms with E-state index in [1.807, 2.05) is 0 Å². The lowest BCUT2D eigenvalue weighted by Crippen LogP contribution is -2.54. The van der Waals surface area contributed by atoms with E-state index in [1.165, 1.54) is 44.9 Å². The molecule has 31 heavy (non-hydrogen) atoms. The van der Waals surface area contributed by atoms with Crippen LogP contribution in [-0.4, -0.2) is 11.2 Å². The summed E-state index contributed by atoms with van der Waals surface area (Å²) in [7, 11) is 0. The molecule has 4 aliphatic carbocycles. The normalized spacial score (nSPS) is 46.4. The Bertz CT molecular complexity index is 641. The molecule has 0 aromatic carbocycles. The molecule has 1 nitrogen and oxygen atoms in total. The van der Waals surface area contributed by atoms with Crippen molar-refractivity contribution in [2.75, 3.05) is 0 Å². The Hall–Kier alpha value is -0.300. The molecule has 0 saturated heterocycles. The third-order valence-corrected chi connectivity index (χ3v) is 11.5. The Balaban J connectivity index is 1.49. The van der Waals surface area contributed by atoms with E-state index in [0.29, 0.717) is 22.7 Å². The number of hydrogen-bond donors (Lipinski definition) is 1. The summed E-state index contributed by atoms with van der Waals surface area (Å²) in [5, 5.41) is 10.3. The van der Waals surface area contributed by atoms with Crippen LogP contribution in [0, 0.1) is 64.1 Å². The van der Waals surface area contributed by atoms with Gasteiger partial charge in [0.25, 0.3) is 0 Å². The Morgan fingerprint density at radius 3 is 2.06 bits per heavy atom. The van der Waals surface area contributed by atoms with E-state index in [2.05, 4.69) is 60.6 Å². The molecule has 0 amide bonds. The van der Waals surface area contributed by atoms with Gasteiger partial charge in [-0.3, -0.25) is 0 Å². The van der Waals surface area contributed by atoms with E-state index in [1.54, 1.807) is 0 Å². The molecule has 0 aromatic rings. The average Bonchev–Trinajstić information content (AvgIpc) is 3.05. The summed E-state index contributed by atoms with van der Waals surface area (Å²) in [6.07, 6.45) is 17.2. The highest BCUT2D eigenvalue weighted by Crippen LogP contribution is 2.68. The number of fused-ring (bicyclic) bond motifs is 5. The molecule has 9 unspecified atom stereocenters. The van der Waals surface area contributed by atoms with Crippen LogP contribution in [0.15, 0.2) is 12.2 Å². The van der Waals surface area contributed by atoms with E-state index in [0.717, 1.165) is 54.3 Å². The lowest BCUT2D eigenvalue weighted by atomic mass is 9.44.